The SMILES string of the molecule is CC(=O)NC1CCN(C[C@@H](C)c2cccc(Cl)c2)CC1. The second kappa shape index (κ2) is 7.09. The van der Waals surface area contributed by atoms with Gasteiger partial charge in [0, 0.05) is 37.6 Å². The van der Waals surface area contributed by atoms with Crippen molar-refractivity contribution in [2.45, 2.75) is 38.6 Å². The Balaban J connectivity index is 1.82. The Labute approximate surface area is 126 Å². The third-order valence-corrected chi connectivity index (χ3v) is 4.18. The first kappa shape index (κ1) is 15.3. The fourth-order valence-corrected chi connectivity index (χ4v) is 3.05. The van der Waals surface area contributed by atoms with Crippen molar-refractivity contribution in [1.82, 2.24) is 10.2 Å². The van der Waals surface area contributed by atoms with Gasteiger partial charge in [0.15, 0.2) is 0 Å². The molecular formula is C16H23ClN2O. The molecule has 1 aromatic rings. The van der Waals surface area contributed by atoms with E-state index in [1.165, 1.54) is 5.56 Å². The minimum Gasteiger partial charge on any atom is -0.354 e. The lowest BCUT2D eigenvalue weighted by Gasteiger charge is -2.33. The van der Waals surface area contributed by atoms with E-state index in [4.69, 9.17) is 11.6 Å². The first-order valence-corrected chi connectivity index (χ1v) is 7.67. The van der Waals surface area contributed by atoms with Crippen molar-refractivity contribution in [3.63, 3.8) is 0 Å². The Morgan fingerprint density at radius 1 is 1.45 bits per heavy atom. The van der Waals surface area contributed by atoms with Gasteiger partial charge >= 0.3 is 0 Å². The van der Waals surface area contributed by atoms with Crippen LogP contribution in [0.4, 0.5) is 0 Å². The zero-order valence-corrected chi connectivity index (χ0v) is 13.0. The molecule has 20 heavy (non-hydrogen) atoms. The largest absolute Gasteiger partial charge is 0.354 e. The Hall–Kier alpha value is -1.06. The molecule has 1 aliphatic rings. The molecule has 0 spiro atoms. The fraction of sp³-hybridized carbons (Fsp3) is 0.562. The molecule has 0 aromatic heterocycles. The lowest BCUT2D eigenvalue weighted by atomic mass is 9.98. The predicted octanol–water partition coefficient (Wildman–Crippen LogP) is 3.04. The van der Waals surface area contributed by atoms with Gasteiger partial charge < -0.3 is 10.2 Å². The van der Waals surface area contributed by atoms with Crippen LogP contribution < -0.4 is 5.32 Å². The Morgan fingerprint density at radius 3 is 2.75 bits per heavy atom. The van der Waals surface area contributed by atoms with E-state index in [9.17, 15) is 4.79 Å². The molecule has 1 N–H and O–H groups in total. The summed E-state index contributed by atoms with van der Waals surface area (Å²) in [6.07, 6.45) is 2.09. The van der Waals surface area contributed by atoms with E-state index in [1.807, 2.05) is 12.1 Å². The van der Waals surface area contributed by atoms with Crippen LogP contribution in [0.3, 0.4) is 0 Å². The van der Waals surface area contributed by atoms with Crippen LogP contribution in [0.25, 0.3) is 0 Å². The zero-order chi connectivity index (χ0) is 14.5. The highest BCUT2D eigenvalue weighted by Crippen LogP contribution is 2.22. The molecule has 1 atom stereocenters. The molecule has 1 aliphatic heterocycles. The molecule has 0 aliphatic carbocycles. The monoisotopic (exact) mass is 294 g/mol. The van der Waals surface area contributed by atoms with Crippen LogP contribution in [-0.4, -0.2) is 36.5 Å². The standard InChI is InChI=1S/C16H23ClN2O/c1-12(14-4-3-5-15(17)10-14)11-19-8-6-16(7-9-19)18-13(2)20/h3-5,10,12,16H,6-9,11H2,1-2H3,(H,18,20)/t12-/m1/s1. The van der Waals surface area contributed by atoms with E-state index in [2.05, 4.69) is 29.3 Å². The van der Waals surface area contributed by atoms with Crippen LogP contribution in [0, 0.1) is 0 Å². The van der Waals surface area contributed by atoms with Gasteiger partial charge in [-0.2, -0.15) is 0 Å². The molecule has 4 heteroatoms. The van der Waals surface area contributed by atoms with Crippen molar-refractivity contribution in [1.29, 1.82) is 0 Å². The molecule has 3 nitrogen and oxygen atoms in total. The summed E-state index contributed by atoms with van der Waals surface area (Å²) in [4.78, 5) is 13.5. The number of benzene rings is 1. The Bertz CT molecular complexity index is 456. The minimum atomic E-state index is 0.0794. The van der Waals surface area contributed by atoms with E-state index < -0.39 is 0 Å². The zero-order valence-electron chi connectivity index (χ0n) is 12.2. The molecule has 0 radical (unpaired) electrons. The number of carbonyl (C=O) groups is 1. The van der Waals surface area contributed by atoms with E-state index in [0.717, 1.165) is 37.5 Å². The highest BCUT2D eigenvalue weighted by molar-refractivity contribution is 6.30. The fourth-order valence-electron chi connectivity index (χ4n) is 2.85. The summed E-state index contributed by atoms with van der Waals surface area (Å²) in [5, 5.41) is 3.82. The van der Waals surface area contributed by atoms with Gasteiger partial charge in [0.2, 0.25) is 5.91 Å². The van der Waals surface area contributed by atoms with E-state index >= 15 is 0 Å². The van der Waals surface area contributed by atoms with E-state index in [1.54, 1.807) is 6.92 Å². The molecule has 0 saturated carbocycles. The third-order valence-electron chi connectivity index (χ3n) is 3.94. The van der Waals surface area contributed by atoms with Gasteiger partial charge in [0.25, 0.3) is 0 Å². The molecule has 1 amide bonds. The first-order valence-electron chi connectivity index (χ1n) is 7.29. The van der Waals surface area contributed by atoms with Crippen LogP contribution >= 0.6 is 11.6 Å². The molecule has 0 unspecified atom stereocenters. The number of carbonyl (C=O) groups excluding carboxylic acids is 1. The second-order valence-corrected chi connectivity index (χ2v) is 6.17. The van der Waals surface area contributed by atoms with Gasteiger partial charge in [0.1, 0.15) is 0 Å². The molecule has 1 aromatic carbocycles. The quantitative estimate of drug-likeness (QED) is 0.926. The van der Waals surface area contributed by atoms with Crippen LogP contribution in [0.2, 0.25) is 5.02 Å². The summed E-state index contributed by atoms with van der Waals surface area (Å²) in [6.45, 7) is 6.98. The summed E-state index contributed by atoms with van der Waals surface area (Å²) >= 11 is 6.05. The smallest absolute Gasteiger partial charge is 0.217 e. The number of amides is 1. The summed E-state index contributed by atoms with van der Waals surface area (Å²) in [5.41, 5.74) is 1.29. The van der Waals surface area contributed by atoms with Crippen LogP contribution in [0.1, 0.15) is 38.2 Å². The van der Waals surface area contributed by atoms with Gasteiger partial charge in [-0.25, -0.2) is 0 Å². The molecular weight excluding hydrogens is 272 g/mol. The van der Waals surface area contributed by atoms with E-state index in [0.29, 0.717) is 12.0 Å². The minimum absolute atomic E-state index is 0.0794. The van der Waals surface area contributed by atoms with Gasteiger partial charge in [0.05, 0.1) is 0 Å². The molecule has 2 rings (SSSR count). The molecule has 1 heterocycles. The maximum absolute atomic E-state index is 11.1. The molecule has 1 saturated heterocycles. The summed E-state index contributed by atoms with van der Waals surface area (Å²) in [5.74, 6) is 0.557. The number of hydrogen-bond acceptors (Lipinski definition) is 2. The molecule has 110 valence electrons. The van der Waals surface area contributed by atoms with E-state index in [-0.39, 0.29) is 5.91 Å². The maximum Gasteiger partial charge on any atom is 0.217 e. The number of nitrogens with zero attached hydrogens (tertiary/aromatic N) is 1. The average molecular weight is 295 g/mol. The number of halogens is 1. The lowest BCUT2D eigenvalue weighted by molar-refractivity contribution is -0.119. The molecule has 0 bridgehead atoms. The van der Waals surface area contributed by atoms with Crippen molar-refractivity contribution in [2.75, 3.05) is 19.6 Å². The highest BCUT2D eigenvalue weighted by atomic mass is 35.5. The van der Waals surface area contributed by atoms with Crippen molar-refractivity contribution in [3.8, 4) is 0 Å². The van der Waals surface area contributed by atoms with Crippen LogP contribution in [-0.2, 0) is 4.79 Å². The topological polar surface area (TPSA) is 32.3 Å². The average Bonchev–Trinajstić information content (AvgIpc) is 2.40. The Kier molecular flexibility index (Phi) is 5.44. The number of rotatable bonds is 4. The van der Waals surface area contributed by atoms with Crippen molar-refractivity contribution in [3.05, 3.63) is 34.9 Å². The third kappa shape index (κ3) is 4.50. The predicted molar refractivity (Wildman–Crippen MR) is 83.1 cm³/mol. The van der Waals surface area contributed by atoms with Crippen molar-refractivity contribution >= 4 is 17.5 Å². The normalized spacial score (nSPS) is 18.8. The number of likely N-dealkylation sites (tertiary alicyclic amines) is 1. The molecule has 1 fully saturated rings. The summed E-state index contributed by atoms with van der Waals surface area (Å²) in [6, 6.07) is 8.47. The highest BCUT2D eigenvalue weighted by Gasteiger charge is 2.21. The van der Waals surface area contributed by atoms with Crippen molar-refractivity contribution < 1.29 is 4.79 Å². The summed E-state index contributed by atoms with van der Waals surface area (Å²) < 4.78 is 0. The van der Waals surface area contributed by atoms with Crippen LogP contribution in [0.15, 0.2) is 24.3 Å². The summed E-state index contributed by atoms with van der Waals surface area (Å²) in [7, 11) is 0. The van der Waals surface area contributed by atoms with Gasteiger partial charge in [-0.15, -0.1) is 0 Å². The lowest BCUT2D eigenvalue weighted by Crippen LogP contribution is -2.44. The number of piperidine rings is 1. The van der Waals surface area contributed by atoms with Gasteiger partial charge in [-0.3, -0.25) is 4.79 Å². The Morgan fingerprint density at radius 2 is 2.15 bits per heavy atom. The first-order chi connectivity index (χ1) is 9.54. The van der Waals surface area contributed by atoms with Gasteiger partial charge in [-0.05, 0) is 36.5 Å². The number of nitrogens with one attached hydrogen (secondary N) is 1. The maximum atomic E-state index is 11.1. The van der Waals surface area contributed by atoms with Crippen molar-refractivity contribution in [2.24, 2.45) is 0 Å². The second-order valence-electron chi connectivity index (χ2n) is 5.73. The number of hydrogen-bond donors (Lipinski definition) is 1. The van der Waals surface area contributed by atoms with Crippen LogP contribution in [0.5, 0.6) is 0 Å². The van der Waals surface area contributed by atoms with Gasteiger partial charge in [-0.1, -0.05) is 30.7 Å².